The summed E-state index contributed by atoms with van der Waals surface area (Å²) in [6, 6.07) is 4.43. The summed E-state index contributed by atoms with van der Waals surface area (Å²) in [4.78, 5) is 11.5. The van der Waals surface area contributed by atoms with E-state index in [1.165, 1.54) is 12.1 Å². The molecule has 0 spiro atoms. The summed E-state index contributed by atoms with van der Waals surface area (Å²) in [5.74, 6) is -0.162. The van der Waals surface area contributed by atoms with Crippen LogP contribution in [0.4, 0.5) is 4.39 Å². The number of benzene rings is 1. The highest BCUT2D eigenvalue weighted by Gasteiger charge is 2.13. The first-order valence-electron chi connectivity index (χ1n) is 7.00. The molecule has 1 aromatic rings. The molecule has 0 aliphatic carbocycles. The molecule has 1 unspecified atom stereocenters. The molecule has 0 radical (unpaired) electrons. The van der Waals surface area contributed by atoms with Crippen LogP contribution < -0.4 is 15.4 Å². The Labute approximate surface area is 119 Å². The standard InChI is InChI=1S/C15H23FN2O2/c1-4-8-18-15(19)10-20-14-9-12(16)6-7-13(14)11(3)17-5-2/h6-7,9,11,17H,4-5,8,10H2,1-3H3,(H,18,19). The Morgan fingerprint density at radius 1 is 1.40 bits per heavy atom. The van der Waals surface area contributed by atoms with Crippen molar-refractivity contribution in [2.24, 2.45) is 0 Å². The van der Waals surface area contributed by atoms with Crippen molar-refractivity contribution in [3.63, 3.8) is 0 Å². The van der Waals surface area contributed by atoms with Crippen LogP contribution in [0.3, 0.4) is 0 Å². The van der Waals surface area contributed by atoms with Gasteiger partial charge in [0.25, 0.3) is 5.91 Å². The Morgan fingerprint density at radius 3 is 2.80 bits per heavy atom. The van der Waals surface area contributed by atoms with E-state index >= 15 is 0 Å². The molecule has 0 heterocycles. The molecule has 1 rings (SSSR count). The van der Waals surface area contributed by atoms with Crippen LogP contribution in [0.5, 0.6) is 5.75 Å². The fourth-order valence-electron chi connectivity index (χ4n) is 1.87. The first-order chi connectivity index (χ1) is 9.58. The monoisotopic (exact) mass is 282 g/mol. The lowest BCUT2D eigenvalue weighted by Crippen LogP contribution is -2.29. The normalized spacial score (nSPS) is 12.0. The number of carbonyl (C=O) groups is 1. The number of hydrogen-bond acceptors (Lipinski definition) is 3. The Balaban J connectivity index is 2.71. The second kappa shape index (κ2) is 8.53. The zero-order chi connectivity index (χ0) is 15.0. The molecule has 0 aromatic heterocycles. The number of hydrogen-bond donors (Lipinski definition) is 2. The fraction of sp³-hybridized carbons (Fsp3) is 0.533. The third-order valence-corrected chi connectivity index (χ3v) is 2.88. The van der Waals surface area contributed by atoms with E-state index in [0.717, 1.165) is 18.5 Å². The van der Waals surface area contributed by atoms with Crippen LogP contribution in [0.2, 0.25) is 0 Å². The van der Waals surface area contributed by atoms with Crippen LogP contribution >= 0.6 is 0 Å². The molecule has 0 aliphatic rings. The SMILES string of the molecule is CCCNC(=O)COc1cc(F)ccc1C(C)NCC. The van der Waals surface area contributed by atoms with Gasteiger partial charge in [0.2, 0.25) is 0 Å². The molecule has 1 aromatic carbocycles. The maximum Gasteiger partial charge on any atom is 0.257 e. The van der Waals surface area contributed by atoms with Gasteiger partial charge in [-0.1, -0.05) is 19.9 Å². The predicted molar refractivity (Wildman–Crippen MR) is 77.3 cm³/mol. The minimum Gasteiger partial charge on any atom is -0.483 e. The van der Waals surface area contributed by atoms with Gasteiger partial charge in [-0.15, -0.1) is 0 Å². The number of ether oxygens (including phenoxy) is 1. The molecule has 1 amide bonds. The maximum absolute atomic E-state index is 13.3. The van der Waals surface area contributed by atoms with Gasteiger partial charge in [-0.3, -0.25) is 4.79 Å². The van der Waals surface area contributed by atoms with Gasteiger partial charge < -0.3 is 15.4 Å². The number of carbonyl (C=O) groups excluding carboxylic acids is 1. The Kier molecular flexibility index (Phi) is 7.01. The van der Waals surface area contributed by atoms with E-state index in [1.54, 1.807) is 6.07 Å². The number of amides is 1. The van der Waals surface area contributed by atoms with Gasteiger partial charge in [-0.2, -0.15) is 0 Å². The van der Waals surface area contributed by atoms with Gasteiger partial charge in [0.15, 0.2) is 6.61 Å². The van der Waals surface area contributed by atoms with Gasteiger partial charge in [-0.25, -0.2) is 4.39 Å². The summed E-state index contributed by atoms with van der Waals surface area (Å²) in [6.07, 6.45) is 0.869. The maximum atomic E-state index is 13.3. The summed E-state index contributed by atoms with van der Waals surface area (Å²) in [6.45, 7) is 7.26. The molecule has 20 heavy (non-hydrogen) atoms. The highest BCUT2D eigenvalue weighted by Crippen LogP contribution is 2.26. The Hall–Kier alpha value is -1.62. The Bertz CT molecular complexity index is 438. The molecule has 0 fully saturated rings. The van der Waals surface area contributed by atoms with Crippen LogP contribution in [0, 0.1) is 5.82 Å². The molecule has 112 valence electrons. The molecule has 1 atom stereocenters. The Morgan fingerprint density at radius 2 is 2.15 bits per heavy atom. The molecule has 5 heteroatoms. The van der Waals surface area contributed by atoms with Gasteiger partial charge in [0.05, 0.1) is 0 Å². The third-order valence-electron chi connectivity index (χ3n) is 2.88. The summed E-state index contributed by atoms with van der Waals surface area (Å²) in [5, 5.41) is 5.96. The molecule has 0 saturated carbocycles. The van der Waals surface area contributed by atoms with Crippen molar-refractivity contribution < 1.29 is 13.9 Å². The first kappa shape index (κ1) is 16.4. The lowest BCUT2D eigenvalue weighted by Gasteiger charge is -2.17. The van der Waals surface area contributed by atoms with Crippen molar-refractivity contribution in [2.45, 2.75) is 33.2 Å². The summed E-state index contributed by atoms with van der Waals surface area (Å²) in [5.41, 5.74) is 0.844. The molecule has 0 saturated heterocycles. The lowest BCUT2D eigenvalue weighted by atomic mass is 10.1. The van der Waals surface area contributed by atoms with Crippen molar-refractivity contribution in [1.29, 1.82) is 0 Å². The van der Waals surface area contributed by atoms with Crippen LogP contribution in [-0.4, -0.2) is 25.6 Å². The molecule has 0 aliphatic heterocycles. The topological polar surface area (TPSA) is 50.4 Å². The summed E-state index contributed by atoms with van der Waals surface area (Å²) < 4.78 is 18.8. The minimum absolute atomic E-state index is 0.0364. The van der Waals surface area contributed by atoms with E-state index in [1.807, 2.05) is 20.8 Å². The predicted octanol–water partition coefficient (Wildman–Crippen LogP) is 2.40. The van der Waals surface area contributed by atoms with Crippen molar-refractivity contribution in [1.82, 2.24) is 10.6 Å². The third kappa shape index (κ3) is 5.17. The zero-order valence-corrected chi connectivity index (χ0v) is 12.3. The summed E-state index contributed by atoms with van der Waals surface area (Å²) in [7, 11) is 0. The van der Waals surface area contributed by atoms with Crippen molar-refractivity contribution >= 4 is 5.91 Å². The number of nitrogens with one attached hydrogen (secondary N) is 2. The first-order valence-corrected chi connectivity index (χ1v) is 7.00. The lowest BCUT2D eigenvalue weighted by molar-refractivity contribution is -0.123. The highest BCUT2D eigenvalue weighted by atomic mass is 19.1. The average Bonchev–Trinajstić information content (AvgIpc) is 2.43. The average molecular weight is 282 g/mol. The largest absolute Gasteiger partial charge is 0.483 e. The van der Waals surface area contributed by atoms with Crippen molar-refractivity contribution in [3.05, 3.63) is 29.6 Å². The summed E-state index contributed by atoms with van der Waals surface area (Å²) >= 11 is 0. The fourth-order valence-corrected chi connectivity index (χ4v) is 1.87. The molecule has 2 N–H and O–H groups in total. The molecular weight excluding hydrogens is 259 g/mol. The van der Waals surface area contributed by atoms with E-state index in [9.17, 15) is 9.18 Å². The second-order valence-electron chi connectivity index (χ2n) is 4.60. The van der Waals surface area contributed by atoms with Crippen molar-refractivity contribution in [3.8, 4) is 5.75 Å². The smallest absolute Gasteiger partial charge is 0.257 e. The number of rotatable bonds is 8. The van der Waals surface area contributed by atoms with E-state index in [2.05, 4.69) is 10.6 Å². The molecule has 4 nitrogen and oxygen atoms in total. The van der Waals surface area contributed by atoms with Gasteiger partial charge in [-0.05, 0) is 26.0 Å². The van der Waals surface area contributed by atoms with Crippen LogP contribution in [0.1, 0.15) is 38.8 Å². The van der Waals surface area contributed by atoms with E-state index in [0.29, 0.717) is 12.3 Å². The zero-order valence-electron chi connectivity index (χ0n) is 12.3. The number of halogens is 1. The van der Waals surface area contributed by atoms with E-state index in [-0.39, 0.29) is 24.4 Å². The van der Waals surface area contributed by atoms with Crippen LogP contribution in [0.25, 0.3) is 0 Å². The van der Waals surface area contributed by atoms with E-state index < -0.39 is 0 Å². The minimum atomic E-state index is -0.374. The highest BCUT2D eigenvalue weighted by molar-refractivity contribution is 5.77. The van der Waals surface area contributed by atoms with Crippen LogP contribution in [0.15, 0.2) is 18.2 Å². The molecular formula is C15H23FN2O2. The van der Waals surface area contributed by atoms with Gasteiger partial charge >= 0.3 is 0 Å². The van der Waals surface area contributed by atoms with E-state index in [4.69, 9.17) is 4.74 Å². The quantitative estimate of drug-likeness (QED) is 0.770. The van der Waals surface area contributed by atoms with Gasteiger partial charge in [0.1, 0.15) is 11.6 Å². The second-order valence-corrected chi connectivity index (χ2v) is 4.60. The van der Waals surface area contributed by atoms with Crippen LogP contribution in [-0.2, 0) is 4.79 Å². The molecule has 0 bridgehead atoms. The van der Waals surface area contributed by atoms with Gasteiger partial charge in [0, 0.05) is 24.2 Å². The van der Waals surface area contributed by atoms with Crippen molar-refractivity contribution in [2.75, 3.05) is 19.7 Å².